The van der Waals surface area contributed by atoms with Crippen LogP contribution in [0.2, 0.25) is 0 Å². The van der Waals surface area contributed by atoms with Crippen molar-refractivity contribution in [3.8, 4) is 0 Å². The lowest BCUT2D eigenvalue weighted by Gasteiger charge is -1.81. The molecular formula is C6H8IOP. The van der Waals surface area contributed by atoms with E-state index in [-0.39, 0.29) is 24.0 Å². The molecule has 3 heteroatoms. The maximum Gasteiger partial charge on any atom is 0.149 e. The molecule has 0 aliphatic carbocycles. The first-order chi connectivity index (χ1) is 3.93. The molecule has 0 spiro atoms. The zero-order valence-electron chi connectivity index (χ0n) is 4.79. The summed E-state index contributed by atoms with van der Waals surface area (Å²) >= 11 is 0. The maximum absolute atomic E-state index is 8.62. The van der Waals surface area contributed by atoms with Gasteiger partial charge in [0, 0.05) is 0 Å². The van der Waals surface area contributed by atoms with Gasteiger partial charge in [0.1, 0.15) is 14.1 Å². The smallest absolute Gasteiger partial charge is 0.149 e. The standard InChI is InChI=1S/C6H7OP.HI/c7-8-6-4-2-1-3-5-6;/h1-5,7-8H;1H. The molecule has 0 radical (unpaired) electrons. The van der Waals surface area contributed by atoms with E-state index in [9.17, 15) is 0 Å². The SMILES string of the molecule is O[PH2+]c1ccccc1.[I-]. The highest BCUT2D eigenvalue weighted by molar-refractivity contribution is 7.40. The van der Waals surface area contributed by atoms with Gasteiger partial charge in [0.05, 0.1) is 0 Å². The molecule has 0 saturated heterocycles. The molecule has 1 unspecified atom stereocenters. The van der Waals surface area contributed by atoms with Crippen LogP contribution in [-0.2, 0) is 0 Å². The summed E-state index contributed by atoms with van der Waals surface area (Å²) in [4.78, 5) is 8.62. The van der Waals surface area contributed by atoms with Gasteiger partial charge in [0.2, 0.25) is 0 Å². The van der Waals surface area contributed by atoms with Gasteiger partial charge >= 0.3 is 0 Å². The minimum Gasteiger partial charge on any atom is -1.00 e. The lowest BCUT2D eigenvalue weighted by Crippen LogP contribution is -3.00. The number of halogens is 1. The van der Waals surface area contributed by atoms with Crippen LogP contribution >= 0.6 is 8.81 Å². The summed E-state index contributed by atoms with van der Waals surface area (Å²) < 4.78 is 0. The lowest BCUT2D eigenvalue weighted by atomic mass is 10.4. The molecule has 0 amide bonds. The van der Waals surface area contributed by atoms with Crippen molar-refractivity contribution in [1.29, 1.82) is 0 Å². The average molecular weight is 254 g/mol. The van der Waals surface area contributed by atoms with E-state index in [0.29, 0.717) is 0 Å². The molecular weight excluding hydrogens is 246 g/mol. The molecule has 1 N–H and O–H groups in total. The minimum atomic E-state index is -0.489. The molecule has 0 bridgehead atoms. The Morgan fingerprint density at radius 2 is 1.67 bits per heavy atom. The largest absolute Gasteiger partial charge is 1.00 e. The van der Waals surface area contributed by atoms with Crippen molar-refractivity contribution in [3.05, 3.63) is 30.3 Å². The summed E-state index contributed by atoms with van der Waals surface area (Å²) in [5.74, 6) is 0. The van der Waals surface area contributed by atoms with Crippen LogP contribution in [0.25, 0.3) is 0 Å². The molecule has 50 valence electrons. The van der Waals surface area contributed by atoms with Crippen molar-refractivity contribution in [2.75, 3.05) is 0 Å². The fourth-order valence-electron chi connectivity index (χ4n) is 0.539. The highest BCUT2D eigenvalue weighted by Gasteiger charge is 1.89. The Morgan fingerprint density at radius 3 is 2.00 bits per heavy atom. The third-order valence-corrected chi connectivity index (χ3v) is 1.63. The van der Waals surface area contributed by atoms with E-state index >= 15 is 0 Å². The summed E-state index contributed by atoms with van der Waals surface area (Å²) in [7, 11) is -0.489. The van der Waals surface area contributed by atoms with E-state index in [0.717, 1.165) is 5.30 Å². The normalized spacial score (nSPS) is 9.44. The second-order valence-corrected chi connectivity index (χ2v) is 2.46. The van der Waals surface area contributed by atoms with Crippen molar-refractivity contribution in [3.63, 3.8) is 0 Å². The highest BCUT2D eigenvalue weighted by atomic mass is 127. The Labute approximate surface area is 73.4 Å². The zero-order valence-corrected chi connectivity index (χ0v) is 8.10. The van der Waals surface area contributed by atoms with E-state index in [1.165, 1.54) is 0 Å². The van der Waals surface area contributed by atoms with E-state index in [1.54, 1.807) is 0 Å². The molecule has 0 aromatic heterocycles. The quantitative estimate of drug-likeness (QED) is 0.439. The first-order valence-electron chi connectivity index (χ1n) is 2.46. The van der Waals surface area contributed by atoms with Crippen LogP contribution in [0.4, 0.5) is 0 Å². The summed E-state index contributed by atoms with van der Waals surface area (Å²) in [6.07, 6.45) is 0. The fourth-order valence-corrected chi connectivity index (χ4v) is 0.933. The molecule has 0 aliphatic rings. The van der Waals surface area contributed by atoms with E-state index in [2.05, 4.69) is 0 Å². The predicted octanol–water partition coefficient (Wildman–Crippen LogP) is -2.37. The van der Waals surface area contributed by atoms with Gasteiger partial charge in [0.15, 0.2) is 0 Å². The zero-order chi connectivity index (χ0) is 5.82. The van der Waals surface area contributed by atoms with Crippen LogP contribution in [0.5, 0.6) is 0 Å². The number of benzene rings is 1. The van der Waals surface area contributed by atoms with Crippen molar-refractivity contribution in [2.24, 2.45) is 0 Å². The van der Waals surface area contributed by atoms with Crippen LogP contribution in [0.3, 0.4) is 0 Å². The van der Waals surface area contributed by atoms with Gasteiger partial charge in [-0.25, -0.2) is 0 Å². The van der Waals surface area contributed by atoms with E-state index in [4.69, 9.17) is 4.89 Å². The van der Waals surface area contributed by atoms with Gasteiger partial charge in [-0.1, -0.05) is 18.2 Å². The van der Waals surface area contributed by atoms with Crippen LogP contribution in [-0.4, -0.2) is 4.89 Å². The minimum absolute atomic E-state index is 0. The topological polar surface area (TPSA) is 20.2 Å². The first-order valence-corrected chi connectivity index (χ1v) is 3.55. The highest BCUT2D eigenvalue weighted by Crippen LogP contribution is 1.99. The Morgan fingerprint density at radius 1 is 1.11 bits per heavy atom. The summed E-state index contributed by atoms with van der Waals surface area (Å²) in [6.45, 7) is 0. The van der Waals surface area contributed by atoms with Gasteiger partial charge in [0.25, 0.3) is 0 Å². The molecule has 9 heavy (non-hydrogen) atoms. The fraction of sp³-hybridized carbons (Fsp3) is 0. The monoisotopic (exact) mass is 254 g/mol. The maximum atomic E-state index is 8.62. The predicted molar refractivity (Wildman–Crippen MR) is 38.0 cm³/mol. The van der Waals surface area contributed by atoms with Crippen molar-refractivity contribution < 1.29 is 28.9 Å². The molecule has 0 heterocycles. The molecule has 1 rings (SSSR count). The second kappa shape index (κ2) is 5.15. The third-order valence-electron chi connectivity index (χ3n) is 0.949. The Bertz CT molecular complexity index is 154. The molecule has 0 aliphatic heterocycles. The molecule has 1 nitrogen and oxygen atoms in total. The van der Waals surface area contributed by atoms with E-state index in [1.807, 2.05) is 30.3 Å². The van der Waals surface area contributed by atoms with Crippen molar-refractivity contribution in [2.45, 2.75) is 0 Å². The van der Waals surface area contributed by atoms with Gasteiger partial charge in [-0.15, -0.1) is 0 Å². The van der Waals surface area contributed by atoms with Crippen molar-refractivity contribution >= 4 is 14.1 Å². The second-order valence-electron chi connectivity index (χ2n) is 1.54. The Balaban J connectivity index is 0.000000640. The average Bonchev–Trinajstić information content (AvgIpc) is 1.90. The third kappa shape index (κ3) is 3.14. The molecule has 1 aromatic rings. The molecule has 0 saturated carbocycles. The Hall–Kier alpha value is 0.340. The van der Waals surface area contributed by atoms with Crippen LogP contribution < -0.4 is 29.3 Å². The van der Waals surface area contributed by atoms with Crippen molar-refractivity contribution in [1.82, 2.24) is 0 Å². The molecule has 1 atom stereocenters. The van der Waals surface area contributed by atoms with Gasteiger partial charge < -0.3 is 24.0 Å². The van der Waals surface area contributed by atoms with Crippen LogP contribution in [0.1, 0.15) is 0 Å². The lowest BCUT2D eigenvalue weighted by molar-refractivity contribution is -0.00000242. The first kappa shape index (κ1) is 9.34. The van der Waals surface area contributed by atoms with Gasteiger partial charge in [-0.2, -0.15) is 0 Å². The number of rotatable bonds is 1. The van der Waals surface area contributed by atoms with E-state index < -0.39 is 8.81 Å². The van der Waals surface area contributed by atoms with Crippen LogP contribution in [0, 0.1) is 0 Å². The van der Waals surface area contributed by atoms with Gasteiger partial charge in [-0.3, -0.25) is 4.89 Å². The van der Waals surface area contributed by atoms with Gasteiger partial charge in [-0.05, 0) is 12.1 Å². The molecule has 0 fully saturated rings. The summed E-state index contributed by atoms with van der Waals surface area (Å²) in [6, 6.07) is 9.65. The molecule has 1 aromatic carbocycles. The Kier molecular flexibility index (Phi) is 5.35. The van der Waals surface area contributed by atoms with Crippen LogP contribution in [0.15, 0.2) is 30.3 Å². The number of hydrogen-bond acceptors (Lipinski definition) is 1. The summed E-state index contributed by atoms with van der Waals surface area (Å²) in [5.41, 5.74) is 0. The summed E-state index contributed by atoms with van der Waals surface area (Å²) in [5, 5.41) is 1.05. The number of hydrogen-bond donors (Lipinski definition) is 1.